The third-order valence-electron chi connectivity index (χ3n) is 3.70. The molecule has 2 heterocycles. The van der Waals surface area contributed by atoms with E-state index in [0.29, 0.717) is 11.3 Å². The average Bonchev–Trinajstić information content (AvgIpc) is 3.05. The summed E-state index contributed by atoms with van der Waals surface area (Å²) in [5.41, 5.74) is 3.33. The number of hydrogen-bond acceptors (Lipinski definition) is 10. The summed E-state index contributed by atoms with van der Waals surface area (Å²) in [6.07, 6.45) is -0.818. The number of carbonyl (C=O) groups is 1. The van der Waals surface area contributed by atoms with Gasteiger partial charge in [0.25, 0.3) is 5.91 Å². The Balaban J connectivity index is 2.60. The summed E-state index contributed by atoms with van der Waals surface area (Å²) < 4.78 is 60.2. The fourth-order valence-electron chi connectivity index (χ4n) is 2.11. The van der Waals surface area contributed by atoms with Gasteiger partial charge in [0.05, 0.1) is 18.9 Å². The van der Waals surface area contributed by atoms with Crippen molar-refractivity contribution in [3.8, 4) is 11.6 Å². The smallest absolute Gasteiger partial charge is 0.387 e. The Bertz CT molecular complexity index is 1040. The van der Waals surface area contributed by atoms with Crippen molar-refractivity contribution in [1.29, 1.82) is 0 Å². The minimum absolute atomic E-state index is 0.145. The maximum atomic E-state index is 13.1. The third kappa shape index (κ3) is 5.13. The van der Waals surface area contributed by atoms with Crippen LogP contribution in [0.4, 0.5) is 13.8 Å². The fourth-order valence-corrected chi connectivity index (χ4v) is 5.00. The first-order chi connectivity index (χ1) is 13.8. The summed E-state index contributed by atoms with van der Waals surface area (Å²) in [7, 11) is -3.31. The van der Waals surface area contributed by atoms with Crippen LogP contribution in [0.15, 0.2) is 27.4 Å². The first kappa shape index (κ1) is 23.7. The van der Waals surface area contributed by atoms with Gasteiger partial charge >= 0.3 is 6.61 Å². The topological polar surface area (TPSA) is 161 Å². The maximum Gasteiger partial charge on any atom is 0.387 e. The summed E-state index contributed by atoms with van der Waals surface area (Å²) >= 11 is 0.500. The Morgan fingerprint density at radius 1 is 1.37 bits per heavy atom. The first-order valence-corrected chi connectivity index (χ1v) is 10.4. The maximum absolute atomic E-state index is 13.1. The van der Waals surface area contributed by atoms with Crippen molar-refractivity contribution in [1.82, 2.24) is 4.98 Å². The van der Waals surface area contributed by atoms with Crippen molar-refractivity contribution in [3.05, 3.63) is 23.9 Å². The van der Waals surface area contributed by atoms with Crippen molar-refractivity contribution in [2.75, 3.05) is 12.4 Å². The number of aliphatic hydroxyl groups excluding tert-OH is 1. The van der Waals surface area contributed by atoms with E-state index in [2.05, 4.69) is 15.0 Å². The lowest BCUT2D eigenvalue weighted by Gasteiger charge is -2.25. The number of halogens is 2. The Labute approximate surface area is 174 Å². The number of nitrogens with two attached hydrogens (primary N) is 1. The van der Waals surface area contributed by atoms with Crippen LogP contribution >= 0.6 is 11.3 Å². The number of ether oxygens (including phenoxy) is 2. The molecule has 2 aromatic rings. The Hall–Kier alpha value is -2.55. The Morgan fingerprint density at radius 3 is 2.50 bits per heavy atom. The highest BCUT2D eigenvalue weighted by molar-refractivity contribution is 7.93. The number of aromatic nitrogens is 1. The molecule has 0 aliphatic rings. The molecule has 0 aromatic carbocycles. The Morgan fingerprint density at radius 2 is 2.00 bits per heavy atom. The summed E-state index contributed by atoms with van der Waals surface area (Å²) in [6, 6.07) is 1.80. The average molecular weight is 467 g/mol. The lowest BCUT2D eigenvalue weighted by Crippen LogP contribution is -2.41. The SMILES string of the molecule is COc1cc(S(=O)(=O)c2cc(C(N)=O)c(NC(O)C(C)(C)O)s2)c(OC(F)F)cn1. The van der Waals surface area contributed by atoms with Crippen LogP contribution in [0.3, 0.4) is 0 Å². The number of methoxy groups -OCH3 is 1. The number of amides is 1. The van der Waals surface area contributed by atoms with Crippen molar-refractivity contribution in [2.24, 2.45) is 5.73 Å². The highest BCUT2D eigenvalue weighted by Gasteiger charge is 2.31. The minimum atomic E-state index is -4.51. The number of sulfone groups is 1. The molecule has 1 atom stereocenters. The van der Waals surface area contributed by atoms with Gasteiger partial charge in [0.15, 0.2) is 12.0 Å². The van der Waals surface area contributed by atoms with Gasteiger partial charge in [0, 0.05) is 6.07 Å². The molecular formula is C16H19F2N3O7S2. The van der Waals surface area contributed by atoms with E-state index < -0.39 is 49.0 Å². The van der Waals surface area contributed by atoms with Crippen molar-refractivity contribution < 1.29 is 41.7 Å². The van der Waals surface area contributed by atoms with E-state index in [4.69, 9.17) is 10.5 Å². The molecule has 0 saturated heterocycles. The van der Waals surface area contributed by atoms with Gasteiger partial charge in [0.2, 0.25) is 15.7 Å². The second kappa shape index (κ2) is 8.67. The molecule has 1 unspecified atom stereocenters. The van der Waals surface area contributed by atoms with Gasteiger partial charge in [-0.05, 0) is 19.9 Å². The number of primary amides is 1. The molecule has 10 nitrogen and oxygen atoms in total. The van der Waals surface area contributed by atoms with E-state index in [-0.39, 0.29) is 16.4 Å². The highest BCUT2D eigenvalue weighted by atomic mass is 32.2. The Kier molecular flexibility index (Phi) is 6.86. The molecule has 5 N–H and O–H groups in total. The van der Waals surface area contributed by atoms with Crippen LogP contribution in [-0.4, -0.2) is 55.1 Å². The number of hydrogen-bond donors (Lipinski definition) is 4. The van der Waals surface area contributed by atoms with Gasteiger partial charge in [-0.25, -0.2) is 13.4 Å². The zero-order valence-electron chi connectivity index (χ0n) is 15.9. The number of alkyl halides is 2. The molecule has 0 bridgehead atoms. The van der Waals surface area contributed by atoms with Gasteiger partial charge in [-0.15, -0.1) is 11.3 Å². The second-order valence-electron chi connectivity index (χ2n) is 6.43. The number of pyridine rings is 1. The minimum Gasteiger partial charge on any atom is -0.481 e. The predicted molar refractivity (Wildman–Crippen MR) is 102 cm³/mol. The zero-order chi connectivity index (χ0) is 22.9. The molecule has 0 saturated carbocycles. The van der Waals surface area contributed by atoms with E-state index >= 15 is 0 Å². The molecule has 2 aromatic heterocycles. The summed E-state index contributed by atoms with van der Waals surface area (Å²) in [4.78, 5) is 14.7. The highest BCUT2D eigenvalue weighted by Crippen LogP contribution is 2.39. The number of nitrogens with one attached hydrogen (secondary N) is 1. The van der Waals surface area contributed by atoms with Gasteiger partial charge < -0.3 is 30.7 Å². The van der Waals surface area contributed by atoms with Crippen LogP contribution in [0.1, 0.15) is 24.2 Å². The van der Waals surface area contributed by atoms with Crippen LogP contribution in [0, 0.1) is 0 Å². The van der Waals surface area contributed by atoms with Crippen LogP contribution < -0.4 is 20.5 Å². The van der Waals surface area contributed by atoms with Crippen molar-refractivity contribution >= 4 is 32.1 Å². The predicted octanol–water partition coefficient (Wildman–Crippen LogP) is 1.19. The molecule has 0 spiro atoms. The number of nitrogens with zero attached hydrogens (tertiary/aromatic N) is 1. The molecule has 1 amide bonds. The normalized spacial score (nSPS) is 13.2. The van der Waals surface area contributed by atoms with Gasteiger partial charge in [-0.2, -0.15) is 8.78 Å². The van der Waals surface area contributed by atoms with Crippen LogP contribution in [0.5, 0.6) is 11.6 Å². The van der Waals surface area contributed by atoms with E-state index in [1.54, 1.807) is 0 Å². The molecule has 0 fully saturated rings. The molecule has 0 radical (unpaired) electrons. The van der Waals surface area contributed by atoms with Crippen LogP contribution in [-0.2, 0) is 9.84 Å². The molecule has 166 valence electrons. The molecule has 0 aliphatic carbocycles. The largest absolute Gasteiger partial charge is 0.481 e. The first-order valence-electron chi connectivity index (χ1n) is 8.12. The fraction of sp³-hybridized carbons (Fsp3) is 0.375. The van der Waals surface area contributed by atoms with Gasteiger partial charge in [0.1, 0.15) is 19.7 Å². The number of anilines is 1. The number of rotatable bonds is 9. The van der Waals surface area contributed by atoms with E-state index in [0.717, 1.165) is 18.3 Å². The number of aliphatic hydroxyl groups is 2. The van der Waals surface area contributed by atoms with Crippen LogP contribution in [0.2, 0.25) is 0 Å². The van der Waals surface area contributed by atoms with E-state index in [1.165, 1.54) is 21.0 Å². The van der Waals surface area contributed by atoms with Crippen molar-refractivity contribution in [3.63, 3.8) is 0 Å². The molecule has 30 heavy (non-hydrogen) atoms. The summed E-state index contributed by atoms with van der Waals surface area (Å²) in [5, 5.41) is 22.1. The number of carbonyl (C=O) groups excluding carboxylic acids is 1. The van der Waals surface area contributed by atoms with Gasteiger partial charge in [-0.1, -0.05) is 0 Å². The summed E-state index contributed by atoms with van der Waals surface area (Å²) in [6.45, 7) is -0.772. The molecule has 14 heteroatoms. The molecular weight excluding hydrogens is 448 g/mol. The zero-order valence-corrected chi connectivity index (χ0v) is 17.6. The summed E-state index contributed by atoms with van der Waals surface area (Å²) in [5.74, 6) is -1.93. The van der Waals surface area contributed by atoms with Crippen molar-refractivity contribution in [2.45, 2.75) is 41.4 Å². The molecule has 2 rings (SSSR count). The lowest BCUT2D eigenvalue weighted by molar-refractivity contribution is -0.0520. The van der Waals surface area contributed by atoms with E-state index in [1.807, 2.05) is 0 Å². The second-order valence-corrected chi connectivity index (χ2v) is 9.63. The lowest BCUT2D eigenvalue weighted by atomic mass is 10.1. The number of thiophene rings is 1. The van der Waals surface area contributed by atoms with Crippen LogP contribution in [0.25, 0.3) is 0 Å². The standard InChI is InChI=1S/C16H19F2N3O7S2/c1-16(2,24)14(23)21-13-7(12(19)22)4-11(29-13)30(25,26)9-5-10(27-3)20-6-8(9)28-15(17)18/h4-6,14-15,21,23-24H,1-3H3,(H2,19,22). The monoisotopic (exact) mass is 467 g/mol. The van der Waals surface area contributed by atoms with E-state index in [9.17, 15) is 32.2 Å². The quantitative estimate of drug-likeness (QED) is 0.397. The molecule has 0 aliphatic heterocycles. The third-order valence-corrected chi connectivity index (χ3v) is 7.01. The van der Waals surface area contributed by atoms with Gasteiger partial charge in [-0.3, -0.25) is 4.79 Å².